The molecular formula is C11H14FN5O3S. The highest BCUT2D eigenvalue weighted by atomic mass is 32.2. The van der Waals surface area contributed by atoms with Crippen molar-refractivity contribution in [3.63, 3.8) is 0 Å². The Kier molecular flexibility index (Phi) is 3.28. The van der Waals surface area contributed by atoms with E-state index in [-0.39, 0.29) is 23.6 Å². The van der Waals surface area contributed by atoms with Crippen molar-refractivity contribution in [3.8, 4) is 0 Å². The van der Waals surface area contributed by atoms with Crippen LogP contribution >= 0.6 is 11.8 Å². The lowest BCUT2D eigenvalue weighted by Crippen LogP contribution is -2.44. The van der Waals surface area contributed by atoms with Crippen LogP contribution in [0.25, 0.3) is 11.2 Å². The van der Waals surface area contributed by atoms with Crippen LogP contribution in [-0.2, 0) is 0 Å². The first-order chi connectivity index (χ1) is 9.87. The highest BCUT2D eigenvalue weighted by Crippen LogP contribution is 2.49. The summed E-state index contributed by atoms with van der Waals surface area (Å²) in [6, 6.07) is 0. The number of hydrogen-bond donors (Lipinski definition) is 4. The van der Waals surface area contributed by atoms with Crippen molar-refractivity contribution in [3.05, 3.63) is 12.4 Å². The molecule has 1 aliphatic rings. The Balaban J connectivity index is 2.17. The number of thioether (sulfide) groups is 1. The molecule has 3 rings (SSSR count). The molecule has 8 nitrogen and oxygen atoms in total. The molecule has 5 N–H and O–H groups in total. The van der Waals surface area contributed by atoms with Crippen LogP contribution in [0.3, 0.4) is 0 Å². The fourth-order valence-electron chi connectivity index (χ4n) is 2.47. The highest BCUT2D eigenvalue weighted by Gasteiger charge is 2.53. The fraction of sp³-hybridized carbons (Fsp3) is 0.545. The maximum Gasteiger partial charge on any atom is 0.292 e. The summed E-state index contributed by atoms with van der Waals surface area (Å²) in [6.07, 6.45) is -0.932. The smallest absolute Gasteiger partial charge is 0.292 e. The van der Waals surface area contributed by atoms with Crippen LogP contribution in [-0.4, -0.2) is 58.4 Å². The van der Waals surface area contributed by atoms with Crippen molar-refractivity contribution < 1.29 is 19.7 Å². The second-order valence-electron chi connectivity index (χ2n) is 5.06. The Hall–Kier alpha value is -1.49. The molecule has 0 saturated carbocycles. The van der Waals surface area contributed by atoms with Crippen LogP contribution in [0.15, 0.2) is 6.33 Å². The molecular weight excluding hydrogens is 301 g/mol. The maximum atomic E-state index is 14.2. The molecule has 4 atom stereocenters. The van der Waals surface area contributed by atoms with Crippen LogP contribution in [0.2, 0.25) is 0 Å². The number of aliphatic hydroxyl groups excluding tert-OH is 2. The predicted molar refractivity (Wildman–Crippen MR) is 73.8 cm³/mol. The molecule has 0 unspecified atom stereocenters. The summed E-state index contributed by atoms with van der Waals surface area (Å²) in [7, 11) is 0. The molecule has 0 radical (unpaired) electrons. The lowest BCUT2D eigenvalue weighted by Gasteiger charge is -2.28. The second-order valence-corrected chi connectivity index (χ2v) is 6.39. The zero-order valence-corrected chi connectivity index (χ0v) is 11.8. The van der Waals surface area contributed by atoms with Gasteiger partial charge in [0.25, 0.3) is 6.08 Å². The second kappa shape index (κ2) is 4.77. The van der Waals surface area contributed by atoms with Crippen molar-refractivity contribution in [2.75, 3.05) is 12.3 Å². The van der Waals surface area contributed by atoms with E-state index in [0.29, 0.717) is 0 Å². The number of imidazole rings is 1. The first kappa shape index (κ1) is 14.4. The van der Waals surface area contributed by atoms with Gasteiger partial charge in [0.15, 0.2) is 17.0 Å². The standard InChI is InChI=1S/C11H14FN5O3S/c1-11(20)6(19)4(2-18)21-9(11)17-8-5(16-10(17)12)7(13)14-3-15-8/h3-4,6,9,18-20H,2H2,1H3,(H2,13,14,15)/t4-,6-,9-,11-/m1/s1. The van der Waals surface area contributed by atoms with E-state index >= 15 is 0 Å². The van der Waals surface area contributed by atoms with Gasteiger partial charge in [0.2, 0.25) is 0 Å². The number of anilines is 1. The summed E-state index contributed by atoms with van der Waals surface area (Å²) in [4.78, 5) is 11.4. The van der Waals surface area contributed by atoms with Gasteiger partial charge in [0.05, 0.1) is 18.0 Å². The Bertz CT molecular complexity index is 694. The van der Waals surface area contributed by atoms with E-state index in [2.05, 4.69) is 15.0 Å². The Labute approximate surface area is 122 Å². The van der Waals surface area contributed by atoms with Crippen molar-refractivity contribution in [2.45, 2.75) is 29.3 Å². The molecule has 0 spiro atoms. The summed E-state index contributed by atoms with van der Waals surface area (Å²) < 4.78 is 15.3. The summed E-state index contributed by atoms with van der Waals surface area (Å²) in [6.45, 7) is 1.03. The van der Waals surface area contributed by atoms with Gasteiger partial charge in [-0.05, 0) is 6.92 Å². The predicted octanol–water partition coefficient (Wildman–Crippen LogP) is -0.734. The largest absolute Gasteiger partial charge is 0.395 e. The van der Waals surface area contributed by atoms with Gasteiger partial charge >= 0.3 is 0 Å². The van der Waals surface area contributed by atoms with E-state index in [4.69, 9.17) is 5.73 Å². The SMILES string of the molecule is C[C@@]1(O)[C@H](O)[C@@H](CO)S[C@H]1n1c(F)nc2c(N)ncnc21. The molecule has 0 bridgehead atoms. The van der Waals surface area contributed by atoms with Crippen LogP contribution in [0.4, 0.5) is 10.2 Å². The summed E-state index contributed by atoms with van der Waals surface area (Å²) in [5, 5.41) is 28.3. The molecule has 1 aliphatic heterocycles. The molecule has 0 amide bonds. The molecule has 114 valence electrons. The highest BCUT2D eigenvalue weighted by molar-refractivity contribution is 8.00. The molecule has 21 heavy (non-hydrogen) atoms. The molecule has 1 fully saturated rings. The van der Waals surface area contributed by atoms with Crippen molar-refractivity contribution >= 4 is 28.7 Å². The van der Waals surface area contributed by atoms with E-state index in [1.54, 1.807) is 0 Å². The first-order valence-electron chi connectivity index (χ1n) is 6.18. The van der Waals surface area contributed by atoms with Gasteiger partial charge < -0.3 is 21.1 Å². The van der Waals surface area contributed by atoms with Gasteiger partial charge in [-0.1, -0.05) is 0 Å². The maximum absolute atomic E-state index is 14.2. The Morgan fingerprint density at radius 2 is 2.24 bits per heavy atom. The molecule has 0 aliphatic carbocycles. The molecule has 2 aromatic heterocycles. The number of aliphatic hydroxyl groups is 3. The van der Waals surface area contributed by atoms with Crippen LogP contribution in [0.5, 0.6) is 0 Å². The Morgan fingerprint density at radius 1 is 1.52 bits per heavy atom. The number of halogens is 1. The van der Waals surface area contributed by atoms with Crippen molar-refractivity contribution in [1.82, 2.24) is 19.5 Å². The monoisotopic (exact) mass is 315 g/mol. The lowest BCUT2D eigenvalue weighted by atomic mass is 9.96. The van der Waals surface area contributed by atoms with Crippen molar-refractivity contribution in [2.24, 2.45) is 0 Å². The van der Waals surface area contributed by atoms with Gasteiger partial charge in [0.1, 0.15) is 17.3 Å². The number of hydrogen-bond acceptors (Lipinski definition) is 8. The van der Waals surface area contributed by atoms with Gasteiger partial charge in [-0.3, -0.25) is 4.57 Å². The van der Waals surface area contributed by atoms with Crippen LogP contribution in [0.1, 0.15) is 12.3 Å². The van der Waals surface area contributed by atoms with Gasteiger partial charge in [-0.25, -0.2) is 9.97 Å². The first-order valence-corrected chi connectivity index (χ1v) is 7.13. The third-order valence-corrected chi connectivity index (χ3v) is 5.33. The average Bonchev–Trinajstić information content (AvgIpc) is 2.87. The van der Waals surface area contributed by atoms with E-state index in [9.17, 15) is 19.7 Å². The van der Waals surface area contributed by atoms with E-state index in [0.717, 1.165) is 16.3 Å². The van der Waals surface area contributed by atoms with E-state index < -0.39 is 28.4 Å². The molecule has 0 aromatic carbocycles. The van der Waals surface area contributed by atoms with E-state index in [1.807, 2.05) is 0 Å². The minimum Gasteiger partial charge on any atom is -0.395 e. The molecule has 3 heterocycles. The Morgan fingerprint density at radius 3 is 2.86 bits per heavy atom. The molecule has 10 heteroatoms. The van der Waals surface area contributed by atoms with Gasteiger partial charge in [0, 0.05) is 0 Å². The number of nitrogen functional groups attached to an aromatic ring is 1. The topological polar surface area (TPSA) is 130 Å². The van der Waals surface area contributed by atoms with Crippen LogP contribution < -0.4 is 5.73 Å². The molecule has 1 saturated heterocycles. The quantitative estimate of drug-likeness (QED) is 0.533. The van der Waals surface area contributed by atoms with Crippen LogP contribution in [0, 0.1) is 6.08 Å². The average molecular weight is 315 g/mol. The van der Waals surface area contributed by atoms with Gasteiger partial charge in [-0.2, -0.15) is 9.37 Å². The zero-order chi connectivity index (χ0) is 15.4. The third-order valence-electron chi connectivity index (χ3n) is 3.63. The zero-order valence-electron chi connectivity index (χ0n) is 11.0. The molecule has 2 aromatic rings. The van der Waals surface area contributed by atoms with Crippen molar-refractivity contribution in [1.29, 1.82) is 0 Å². The fourth-order valence-corrected chi connectivity index (χ4v) is 4.04. The minimum atomic E-state index is -1.66. The van der Waals surface area contributed by atoms with Gasteiger partial charge in [-0.15, -0.1) is 11.8 Å². The normalized spacial score (nSPS) is 32.9. The lowest BCUT2D eigenvalue weighted by molar-refractivity contribution is -0.0686. The number of rotatable bonds is 2. The number of nitrogens with zero attached hydrogens (tertiary/aromatic N) is 4. The summed E-state index contributed by atoms with van der Waals surface area (Å²) in [5.41, 5.74) is 4.19. The number of nitrogens with two attached hydrogens (primary N) is 1. The number of aromatic nitrogens is 4. The minimum absolute atomic E-state index is 0.0274. The van der Waals surface area contributed by atoms with E-state index in [1.165, 1.54) is 13.3 Å². The number of fused-ring (bicyclic) bond motifs is 1. The third kappa shape index (κ3) is 1.98. The summed E-state index contributed by atoms with van der Waals surface area (Å²) in [5.74, 6) is 0.0274. The summed E-state index contributed by atoms with van der Waals surface area (Å²) >= 11 is 1.05.